The van der Waals surface area contributed by atoms with Gasteiger partial charge in [-0.25, -0.2) is 4.79 Å². The Balaban J connectivity index is 1.73. The zero-order chi connectivity index (χ0) is 15.9. The molecule has 1 fully saturated rings. The van der Waals surface area contributed by atoms with E-state index in [2.05, 4.69) is 0 Å². The molecule has 0 unspecified atom stereocenters. The summed E-state index contributed by atoms with van der Waals surface area (Å²) in [6, 6.07) is 7.21. The number of anilines is 1. The van der Waals surface area contributed by atoms with Gasteiger partial charge in [0.1, 0.15) is 12.7 Å². The first kappa shape index (κ1) is 16.1. The maximum Gasteiger partial charge on any atom is 0.410 e. The highest BCUT2D eigenvalue weighted by Crippen LogP contribution is 2.16. The smallest absolute Gasteiger partial charge is 0.410 e. The van der Waals surface area contributed by atoms with Gasteiger partial charge in [-0.3, -0.25) is 4.79 Å². The van der Waals surface area contributed by atoms with Crippen molar-refractivity contribution in [2.24, 2.45) is 0 Å². The van der Waals surface area contributed by atoms with Crippen molar-refractivity contribution in [3.8, 4) is 0 Å². The van der Waals surface area contributed by atoms with Gasteiger partial charge in [0.2, 0.25) is 0 Å². The molecule has 0 saturated carbocycles. The molecule has 1 heterocycles. The highest BCUT2D eigenvalue weighted by atomic mass is 16.6. The zero-order valence-electron chi connectivity index (χ0n) is 12.8. The summed E-state index contributed by atoms with van der Waals surface area (Å²) in [5.41, 5.74) is 7.18. The van der Waals surface area contributed by atoms with Gasteiger partial charge in [-0.1, -0.05) is 19.1 Å². The van der Waals surface area contributed by atoms with E-state index in [1.54, 1.807) is 24.0 Å². The molecule has 1 amide bonds. The normalized spacial score (nSPS) is 15.4. The lowest BCUT2D eigenvalue weighted by Gasteiger charge is -2.30. The Morgan fingerprint density at radius 3 is 2.45 bits per heavy atom. The van der Waals surface area contributed by atoms with E-state index in [-0.39, 0.29) is 24.8 Å². The van der Waals surface area contributed by atoms with Crippen molar-refractivity contribution in [1.82, 2.24) is 4.90 Å². The number of nitrogen functional groups attached to an aromatic ring is 1. The summed E-state index contributed by atoms with van der Waals surface area (Å²) < 4.78 is 10.6. The summed E-state index contributed by atoms with van der Waals surface area (Å²) in [6.07, 6.45) is 1.26. The van der Waals surface area contributed by atoms with Crippen LogP contribution in [0.1, 0.15) is 31.7 Å². The van der Waals surface area contributed by atoms with Gasteiger partial charge in [0.05, 0.1) is 0 Å². The maximum absolute atomic E-state index is 12.0. The van der Waals surface area contributed by atoms with Crippen LogP contribution in [0.3, 0.4) is 0 Å². The minimum absolute atomic E-state index is 0.0893. The molecular formula is C16H22N2O4. The van der Waals surface area contributed by atoms with Crippen LogP contribution in [0.2, 0.25) is 0 Å². The molecule has 1 aliphatic heterocycles. The zero-order valence-corrected chi connectivity index (χ0v) is 12.8. The Morgan fingerprint density at radius 1 is 1.23 bits per heavy atom. The third-order valence-electron chi connectivity index (χ3n) is 3.63. The van der Waals surface area contributed by atoms with E-state index >= 15 is 0 Å². The SMILES string of the molecule is CCC(=O)OC1CCN(C(=O)OCc2ccc(N)cc2)CC1. The van der Waals surface area contributed by atoms with Gasteiger partial charge in [-0.2, -0.15) is 0 Å². The first-order chi connectivity index (χ1) is 10.6. The molecule has 1 aromatic carbocycles. The quantitative estimate of drug-likeness (QED) is 0.682. The van der Waals surface area contributed by atoms with E-state index in [9.17, 15) is 9.59 Å². The molecule has 0 aromatic heterocycles. The number of esters is 1. The molecule has 6 nitrogen and oxygen atoms in total. The predicted molar refractivity (Wildman–Crippen MR) is 82.0 cm³/mol. The van der Waals surface area contributed by atoms with Gasteiger partial charge < -0.3 is 20.1 Å². The Labute approximate surface area is 130 Å². The van der Waals surface area contributed by atoms with E-state index in [1.165, 1.54) is 0 Å². The number of carbonyl (C=O) groups is 2. The lowest BCUT2D eigenvalue weighted by molar-refractivity contribution is -0.150. The van der Waals surface area contributed by atoms with Crippen molar-refractivity contribution in [1.29, 1.82) is 0 Å². The lowest BCUT2D eigenvalue weighted by Crippen LogP contribution is -2.41. The molecule has 1 aliphatic rings. The van der Waals surface area contributed by atoms with Crippen molar-refractivity contribution in [2.75, 3.05) is 18.8 Å². The molecule has 2 rings (SSSR count). The molecule has 0 spiro atoms. The van der Waals surface area contributed by atoms with Crippen LogP contribution >= 0.6 is 0 Å². The Morgan fingerprint density at radius 2 is 1.86 bits per heavy atom. The number of benzene rings is 1. The van der Waals surface area contributed by atoms with Crippen LogP contribution in [-0.2, 0) is 20.9 Å². The van der Waals surface area contributed by atoms with Crippen LogP contribution < -0.4 is 5.73 Å². The van der Waals surface area contributed by atoms with Crippen molar-refractivity contribution in [3.63, 3.8) is 0 Å². The first-order valence-corrected chi connectivity index (χ1v) is 7.54. The number of likely N-dealkylation sites (tertiary alicyclic amines) is 1. The van der Waals surface area contributed by atoms with E-state index in [1.807, 2.05) is 12.1 Å². The highest BCUT2D eigenvalue weighted by molar-refractivity contribution is 5.69. The summed E-state index contributed by atoms with van der Waals surface area (Å²) in [6.45, 7) is 3.08. The third-order valence-corrected chi connectivity index (χ3v) is 3.63. The van der Waals surface area contributed by atoms with Crippen molar-refractivity contribution < 1.29 is 19.1 Å². The molecule has 1 aromatic rings. The standard InChI is InChI=1S/C16H22N2O4/c1-2-15(19)22-14-7-9-18(10-8-14)16(20)21-11-12-3-5-13(17)6-4-12/h3-6,14H,2,7-11,17H2,1H3. The second kappa shape index (κ2) is 7.68. The van der Waals surface area contributed by atoms with Crippen molar-refractivity contribution in [2.45, 2.75) is 38.9 Å². The lowest BCUT2D eigenvalue weighted by atomic mass is 10.1. The molecular weight excluding hydrogens is 284 g/mol. The van der Waals surface area contributed by atoms with Crippen LogP contribution in [0.25, 0.3) is 0 Å². The average molecular weight is 306 g/mol. The van der Waals surface area contributed by atoms with Gasteiger partial charge >= 0.3 is 12.1 Å². The molecule has 0 bridgehead atoms. The Hall–Kier alpha value is -2.24. The van der Waals surface area contributed by atoms with Crippen LogP contribution in [0.4, 0.5) is 10.5 Å². The van der Waals surface area contributed by atoms with Crippen molar-refractivity contribution >= 4 is 17.7 Å². The fraction of sp³-hybridized carbons (Fsp3) is 0.500. The van der Waals surface area contributed by atoms with Crippen LogP contribution in [-0.4, -0.2) is 36.2 Å². The fourth-order valence-corrected chi connectivity index (χ4v) is 2.28. The van der Waals surface area contributed by atoms with Crippen molar-refractivity contribution in [3.05, 3.63) is 29.8 Å². The minimum Gasteiger partial charge on any atom is -0.462 e. The minimum atomic E-state index is -0.336. The molecule has 120 valence electrons. The molecule has 1 saturated heterocycles. The molecule has 0 aliphatic carbocycles. The predicted octanol–water partition coefficient (Wildman–Crippen LogP) is 2.32. The average Bonchev–Trinajstić information content (AvgIpc) is 2.54. The third kappa shape index (κ3) is 4.65. The summed E-state index contributed by atoms with van der Waals surface area (Å²) >= 11 is 0. The van der Waals surface area contributed by atoms with Crippen LogP contribution in [0.15, 0.2) is 24.3 Å². The number of amides is 1. The topological polar surface area (TPSA) is 81.9 Å². The molecule has 22 heavy (non-hydrogen) atoms. The van der Waals surface area contributed by atoms with E-state index in [0.717, 1.165) is 5.56 Å². The number of rotatable bonds is 4. The molecule has 6 heteroatoms. The Kier molecular flexibility index (Phi) is 5.63. The van der Waals surface area contributed by atoms with E-state index in [4.69, 9.17) is 15.2 Å². The summed E-state index contributed by atoms with van der Waals surface area (Å²) in [5, 5.41) is 0. The maximum atomic E-state index is 12.0. The largest absolute Gasteiger partial charge is 0.462 e. The molecule has 2 N–H and O–H groups in total. The second-order valence-corrected chi connectivity index (χ2v) is 5.33. The van der Waals surface area contributed by atoms with Gasteiger partial charge in [0.25, 0.3) is 0 Å². The van der Waals surface area contributed by atoms with E-state index < -0.39 is 0 Å². The van der Waals surface area contributed by atoms with Gasteiger partial charge in [0.15, 0.2) is 0 Å². The number of nitrogens with two attached hydrogens (primary N) is 1. The first-order valence-electron chi connectivity index (χ1n) is 7.54. The highest BCUT2D eigenvalue weighted by Gasteiger charge is 2.25. The number of hydrogen-bond acceptors (Lipinski definition) is 5. The van der Waals surface area contributed by atoms with E-state index in [0.29, 0.717) is 38.0 Å². The number of hydrogen-bond donors (Lipinski definition) is 1. The van der Waals surface area contributed by atoms with Crippen LogP contribution in [0, 0.1) is 0 Å². The van der Waals surface area contributed by atoms with Crippen LogP contribution in [0.5, 0.6) is 0 Å². The summed E-state index contributed by atoms with van der Waals surface area (Å²) in [4.78, 5) is 24.9. The number of ether oxygens (including phenoxy) is 2. The number of piperidine rings is 1. The number of nitrogens with zero attached hydrogens (tertiary/aromatic N) is 1. The van der Waals surface area contributed by atoms with Gasteiger partial charge in [-0.05, 0) is 17.7 Å². The summed E-state index contributed by atoms with van der Waals surface area (Å²) in [5.74, 6) is -0.190. The van der Waals surface area contributed by atoms with Gasteiger partial charge in [-0.15, -0.1) is 0 Å². The fourth-order valence-electron chi connectivity index (χ4n) is 2.28. The molecule has 0 atom stereocenters. The van der Waals surface area contributed by atoms with Gasteiger partial charge in [0, 0.05) is 38.0 Å². The monoisotopic (exact) mass is 306 g/mol. The number of carbonyl (C=O) groups excluding carboxylic acids is 2. The second-order valence-electron chi connectivity index (χ2n) is 5.33. The Bertz CT molecular complexity index is 507. The molecule has 0 radical (unpaired) electrons. The summed E-state index contributed by atoms with van der Waals surface area (Å²) in [7, 11) is 0.